The summed E-state index contributed by atoms with van der Waals surface area (Å²) >= 11 is 22.6. The van der Waals surface area contributed by atoms with E-state index in [1.807, 2.05) is 261 Å². The number of aryl methyl sites for hydroxylation is 3. The Morgan fingerprint density at radius 2 is 0.676 bits per heavy atom. The van der Waals surface area contributed by atoms with E-state index in [0.717, 1.165) is 27.8 Å². The van der Waals surface area contributed by atoms with Gasteiger partial charge < -0.3 is 60.2 Å². The van der Waals surface area contributed by atoms with Crippen LogP contribution >= 0.6 is 68.8 Å². The molecule has 0 spiro atoms. The van der Waals surface area contributed by atoms with Crippen molar-refractivity contribution in [1.29, 1.82) is 0 Å². The van der Waals surface area contributed by atoms with Crippen molar-refractivity contribution in [3.8, 4) is 34.5 Å². The number of ether oxygens (including phenoxy) is 4. The van der Waals surface area contributed by atoms with Gasteiger partial charge in [0.2, 0.25) is 35.4 Å². The lowest BCUT2D eigenvalue weighted by Crippen LogP contribution is -2.63. The zero-order valence-electron chi connectivity index (χ0n) is 76.0. The second-order valence-electron chi connectivity index (χ2n) is 33.2. The lowest BCUT2D eigenvalue weighted by molar-refractivity contribution is -0.140. The SMILES string of the molecule is Cc1cc(Oc2ccccc2)ccc1N(C(=O)CCl)[C@@H](C(=O)N1CCN[C@@H](C(=O)NCc2ccccc2)C1)c1cccs1.Cc1cc(Oc2ccccc2)ccc1N(C(=O)CCl)[C@H](C(=O)N1CCN(C(=O)OC(C)(C)C)[C@@H](C(=O)NCc2ccccc2)C1)c1cccs1.Cc1cc(Oc2ccccc2)ccc1N(C(=O)CCl)[C@H](C(=O)N1CCN[C@@H](C(=O)NCc2ccccc2)C1)c1cccs1. The number of amides is 10. The number of carbonyl (C=O) groups excluding carboxylic acids is 10. The number of para-hydroxylation sites is 3. The van der Waals surface area contributed by atoms with E-state index in [1.165, 1.54) is 58.5 Å². The van der Waals surface area contributed by atoms with Crippen molar-refractivity contribution in [1.82, 2.24) is 46.2 Å². The van der Waals surface area contributed by atoms with Crippen LogP contribution in [0.2, 0.25) is 0 Å². The molecule has 5 N–H and O–H groups in total. The van der Waals surface area contributed by atoms with Crippen molar-refractivity contribution >= 4 is 145 Å². The first-order chi connectivity index (χ1) is 65.8. The summed E-state index contributed by atoms with van der Waals surface area (Å²) in [5.41, 5.74) is 5.88. The number of anilines is 3. The number of halogens is 3. The molecule has 12 aromatic rings. The molecule has 706 valence electrons. The monoisotopic (exact) mass is 1950 g/mol. The van der Waals surface area contributed by atoms with Gasteiger partial charge in [0, 0.05) is 104 Å². The minimum absolute atomic E-state index is 0.0508. The molecule has 0 saturated carbocycles. The van der Waals surface area contributed by atoms with Crippen LogP contribution in [0.15, 0.2) is 289 Å². The Labute approximate surface area is 818 Å². The van der Waals surface area contributed by atoms with Crippen molar-refractivity contribution in [2.45, 2.75) is 103 Å². The second-order valence-corrected chi connectivity index (χ2v) is 36.9. The third kappa shape index (κ3) is 26.9. The number of hydrogen-bond acceptors (Lipinski definition) is 19. The van der Waals surface area contributed by atoms with E-state index in [2.05, 4.69) is 26.6 Å². The molecule has 0 radical (unpaired) electrons. The molecule has 26 nitrogen and oxygen atoms in total. The predicted octanol–water partition coefficient (Wildman–Crippen LogP) is 17.5. The minimum Gasteiger partial charge on any atom is -0.457 e. The molecule has 3 fully saturated rings. The van der Waals surface area contributed by atoms with Gasteiger partial charge in [-0.25, -0.2) is 4.79 Å². The number of rotatable bonds is 30. The molecule has 9 aromatic carbocycles. The van der Waals surface area contributed by atoms with E-state index in [1.54, 1.807) is 79.1 Å². The van der Waals surface area contributed by atoms with E-state index in [9.17, 15) is 47.9 Å². The summed E-state index contributed by atoms with van der Waals surface area (Å²) in [6.07, 6.45) is -0.647. The van der Waals surface area contributed by atoms with Crippen LogP contribution in [-0.4, -0.2) is 179 Å². The Kier molecular flexibility index (Phi) is 36.0. The summed E-state index contributed by atoms with van der Waals surface area (Å²) in [6, 6.07) is 78.8. The fourth-order valence-corrected chi connectivity index (χ4v) is 18.7. The highest BCUT2D eigenvalue weighted by Gasteiger charge is 2.46. The molecule has 10 amide bonds. The molecule has 0 aliphatic carbocycles. The maximum atomic E-state index is 14.7. The molecule has 0 unspecified atom stereocenters. The van der Waals surface area contributed by atoms with Gasteiger partial charge >= 0.3 is 6.09 Å². The van der Waals surface area contributed by atoms with Crippen molar-refractivity contribution in [3.63, 3.8) is 0 Å². The van der Waals surface area contributed by atoms with Gasteiger partial charge in [-0.3, -0.25) is 62.8 Å². The van der Waals surface area contributed by atoms with Gasteiger partial charge in [-0.15, -0.1) is 68.8 Å². The first-order valence-corrected chi connectivity index (χ1v) is 48.6. The number of carbonyl (C=O) groups is 10. The van der Waals surface area contributed by atoms with Crippen LogP contribution in [0.3, 0.4) is 0 Å². The third-order valence-corrected chi connectivity index (χ3v) is 25.9. The molecule has 3 aliphatic heterocycles. The average Bonchev–Trinajstić information content (AvgIpc) is 1.12. The van der Waals surface area contributed by atoms with Crippen molar-refractivity contribution in [3.05, 3.63) is 337 Å². The second kappa shape index (κ2) is 48.8. The fraction of sp³-hybridized carbons (Fsp3) is 0.269. The largest absolute Gasteiger partial charge is 0.457 e. The quantitative estimate of drug-likeness (QED) is 0.0261. The molecule has 3 aromatic heterocycles. The topological polar surface area (TPSA) is 290 Å². The number of piperazine rings is 3. The summed E-state index contributed by atoms with van der Waals surface area (Å²) in [7, 11) is 0. The lowest BCUT2D eigenvalue weighted by Gasteiger charge is -2.43. The Morgan fingerprint density at radius 3 is 0.963 bits per heavy atom. The number of nitrogens with one attached hydrogen (secondary N) is 5. The van der Waals surface area contributed by atoms with Gasteiger partial charge in [-0.05, 0) is 200 Å². The highest BCUT2D eigenvalue weighted by molar-refractivity contribution is 7.10. The maximum Gasteiger partial charge on any atom is 0.411 e. The molecular formula is C104H107Cl3N12O14S3. The number of benzene rings is 9. The van der Waals surface area contributed by atoms with Gasteiger partial charge in [-0.2, -0.15) is 0 Å². The van der Waals surface area contributed by atoms with Crippen LogP contribution in [0.25, 0.3) is 0 Å². The molecule has 3 aliphatic rings. The van der Waals surface area contributed by atoms with Gasteiger partial charge in [0.1, 0.15) is 94.0 Å². The standard InChI is InChI=1S/C38H41ClN4O6S.2C33H33ClN4O4S/c1-26-22-29(48-28-14-9-6-10-15-28)17-18-30(26)43(33(44)23-39)34(32-16-11-21-50-32)36(46)41-19-20-42(37(47)49-38(2,3)4)31(25-41)35(45)40-24-27-12-7-5-8-13-27;2*1-23-19-26(42-25-11-6-3-7-12-25)14-15-28(23)38(30(39)20-34)31(29-13-8-18-43-29)33(41)37-17-16-35-27(22-37)32(40)36-21-24-9-4-2-5-10-24/h5-18,21-22,31,34H,19-20,23-25H2,1-4H3,(H,40,45);2*2-15,18-19,27,31,35H,16-17,20-22H2,1H3,(H,36,40)/t31-,34+;27-,31+;27-,31-/m111/s1. The van der Waals surface area contributed by atoms with E-state index in [0.29, 0.717) is 111 Å². The van der Waals surface area contributed by atoms with Crippen LogP contribution < -0.4 is 55.5 Å². The molecule has 6 heterocycles. The van der Waals surface area contributed by atoms with Gasteiger partial charge in [0.25, 0.3) is 17.7 Å². The van der Waals surface area contributed by atoms with Crippen LogP contribution in [0.4, 0.5) is 21.9 Å². The summed E-state index contributed by atoms with van der Waals surface area (Å²) in [6.45, 7) is 14.0. The summed E-state index contributed by atoms with van der Waals surface area (Å²) < 4.78 is 23.6. The summed E-state index contributed by atoms with van der Waals surface area (Å²) in [4.78, 5) is 150. The zero-order chi connectivity index (χ0) is 96.2. The fourth-order valence-electron chi connectivity index (χ4n) is 15.9. The normalized spacial score (nSPS) is 15.3. The van der Waals surface area contributed by atoms with Gasteiger partial charge in [0.15, 0.2) is 0 Å². The van der Waals surface area contributed by atoms with Crippen molar-refractivity contribution < 1.29 is 66.9 Å². The predicted molar refractivity (Wildman–Crippen MR) is 534 cm³/mol. The third-order valence-electron chi connectivity index (χ3n) is 22.4. The molecule has 136 heavy (non-hydrogen) atoms. The first kappa shape index (κ1) is 100. The molecule has 3 saturated heterocycles. The zero-order valence-corrected chi connectivity index (χ0v) is 80.7. The highest BCUT2D eigenvalue weighted by atomic mass is 35.5. The smallest absolute Gasteiger partial charge is 0.411 e. The molecular weight excluding hydrogens is 1840 g/mol. The van der Waals surface area contributed by atoms with Crippen LogP contribution in [0.5, 0.6) is 34.5 Å². The molecule has 15 rings (SSSR count). The van der Waals surface area contributed by atoms with Gasteiger partial charge in [0.05, 0.1) is 6.54 Å². The highest BCUT2D eigenvalue weighted by Crippen LogP contribution is 2.42. The van der Waals surface area contributed by atoms with E-state index in [-0.39, 0.29) is 80.5 Å². The Bertz CT molecular complexity index is 5770. The minimum atomic E-state index is -1.08. The Balaban J connectivity index is 0.000000173. The van der Waals surface area contributed by atoms with E-state index in [4.69, 9.17) is 53.8 Å². The average molecular weight is 1950 g/mol. The van der Waals surface area contributed by atoms with E-state index < -0.39 is 77.5 Å². The Morgan fingerprint density at radius 1 is 0.375 bits per heavy atom. The number of hydrogen-bond donors (Lipinski definition) is 5. The number of nitrogens with zero attached hydrogens (tertiary/aromatic N) is 7. The van der Waals surface area contributed by atoms with E-state index >= 15 is 0 Å². The van der Waals surface area contributed by atoms with Gasteiger partial charge in [-0.1, -0.05) is 164 Å². The first-order valence-electron chi connectivity index (χ1n) is 44.4. The summed E-state index contributed by atoms with van der Waals surface area (Å²) in [5, 5.41) is 20.9. The van der Waals surface area contributed by atoms with Crippen LogP contribution in [0, 0.1) is 20.8 Å². The van der Waals surface area contributed by atoms with Crippen molar-refractivity contribution in [2.75, 3.05) is 91.2 Å². The maximum absolute atomic E-state index is 14.7. The number of thiophene rings is 3. The Hall–Kier alpha value is -13.2. The molecule has 32 heteroatoms. The molecule has 0 bridgehead atoms. The van der Waals surface area contributed by atoms with Crippen LogP contribution in [0.1, 0.15) is 86.9 Å². The molecule has 6 atom stereocenters. The lowest BCUT2D eigenvalue weighted by atomic mass is 10.1. The van der Waals surface area contributed by atoms with Crippen LogP contribution in [-0.2, 0) is 67.5 Å². The number of alkyl halides is 3. The van der Waals surface area contributed by atoms with Crippen molar-refractivity contribution in [2.24, 2.45) is 0 Å². The summed E-state index contributed by atoms with van der Waals surface area (Å²) in [5.74, 6) is -0.170.